The highest BCUT2D eigenvalue weighted by atomic mass is 79.9. The molecule has 0 aliphatic carbocycles. The second-order valence-electron chi connectivity index (χ2n) is 5.50. The summed E-state index contributed by atoms with van der Waals surface area (Å²) in [6.07, 6.45) is -3.67. The molecule has 0 radical (unpaired) electrons. The van der Waals surface area contributed by atoms with Gasteiger partial charge < -0.3 is 4.90 Å². The van der Waals surface area contributed by atoms with Gasteiger partial charge in [-0.25, -0.2) is 9.97 Å². The van der Waals surface area contributed by atoms with Crippen LogP contribution < -0.4 is 4.90 Å². The van der Waals surface area contributed by atoms with E-state index in [9.17, 15) is 13.2 Å². The van der Waals surface area contributed by atoms with E-state index in [0.29, 0.717) is 11.4 Å². The third-order valence-corrected chi connectivity index (χ3v) is 5.39. The molecular weight excluding hydrogens is 439 g/mol. The van der Waals surface area contributed by atoms with Gasteiger partial charge in [0.15, 0.2) is 0 Å². The summed E-state index contributed by atoms with van der Waals surface area (Å²) in [6, 6.07) is 16.3. The normalized spacial score (nSPS) is 11.4. The van der Waals surface area contributed by atoms with Crippen LogP contribution in [0.5, 0.6) is 0 Å². The lowest BCUT2D eigenvalue weighted by Gasteiger charge is -2.23. The largest absolute Gasteiger partial charge is 0.420 e. The first-order chi connectivity index (χ1) is 12.9. The average Bonchev–Trinajstić information content (AvgIpc) is 2.64. The highest BCUT2D eigenvalue weighted by Crippen LogP contribution is 2.39. The average molecular weight is 454 g/mol. The van der Waals surface area contributed by atoms with Crippen LogP contribution in [-0.2, 0) is 6.18 Å². The highest BCUT2D eigenvalue weighted by molar-refractivity contribution is 9.10. The maximum atomic E-state index is 13.4. The topological polar surface area (TPSA) is 29.0 Å². The van der Waals surface area contributed by atoms with Gasteiger partial charge in [0.05, 0.1) is 5.69 Å². The number of rotatable bonds is 5. The fourth-order valence-electron chi connectivity index (χ4n) is 2.45. The molecule has 0 saturated heterocycles. The number of anilines is 2. The van der Waals surface area contributed by atoms with Gasteiger partial charge in [-0.15, -0.1) is 0 Å². The van der Waals surface area contributed by atoms with Crippen molar-refractivity contribution in [1.82, 2.24) is 9.97 Å². The molecule has 1 heterocycles. The number of hydrogen-bond donors (Lipinski definition) is 0. The molecule has 140 valence electrons. The molecule has 3 aromatic rings. The zero-order valence-corrected chi connectivity index (χ0v) is 16.6. The highest BCUT2D eigenvalue weighted by Gasteiger charge is 2.36. The number of para-hydroxylation sites is 1. The summed E-state index contributed by atoms with van der Waals surface area (Å²) < 4.78 is 41.1. The molecule has 0 aliphatic heterocycles. The Morgan fingerprint density at radius 1 is 1.04 bits per heavy atom. The quantitative estimate of drug-likeness (QED) is 0.408. The van der Waals surface area contributed by atoms with Crippen molar-refractivity contribution in [3.05, 3.63) is 70.8 Å². The van der Waals surface area contributed by atoms with E-state index in [4.69, 9.17) is 0 Å². The van der Waals surface area contributed by atoms with Crippen LogP contribution in [0.25, 0.3) is 0 Å². The zero-order valence-electron chi connectivity index (χ0n) is 14.2. The van der Waals surface area contributed by atoms with Gasteiger partial charge in [-0.3, -0.25) is 0 Å². The Balaban J connectivity index is 2.07. The Morgan fingerprint density at radius 2 is 1.70 bits per heavy atom. The molecule has 0 spiro atoms. The van der Waals surface area contributed by atoms with Crippen LogP contribution in [0.15, 0.2) is 75.2 Å². The summed E-state index contributed by atoms with van der Waals surface area (Å²) in [5.41, 5.74) is -0.0568. The standard InChI is InChI=1S/C19H15BrF3N3S/c1-2-26(16-11-7-6-10-15(16)20)18-24-12-14(19(21,22)23)17(25-18)27-13-8-4-3-5-9-13/h3-12H,2H2,1H3. The lowest BCUT2D eigenvalue weighted by Crippen LogP contribution is -2.21. The lowest BCUT2D eigenvalue weighted by atomic mass is 10.3. The molecule has 3 rings (SSSR count). The predicted octanol–water partition coefficient (Wildman–Crippen LogP) is 6.57. The van der Waals surface area contributed by atoms with Gasteiger partial charge in [0.1, 0.15) is 10.6 Å². The lowest BCUT2D eigenvalue weighted by molar-refractivity contribution is -0.140. The Bertz CT molecular complexity index is 920. The van der Waals surface area contributed by atoms with E-state index in [2.05, 4.69) is 25.9 Å². The molecule has 0 fully saturated rings. The SMILES string of the molecule is CCN(c1ncc(C(F)(F)F)c(Sc2ccccc2)n1)c1ccccc1Br. The van der Waals surface area contributed by atoms with Gasteiger partial charge in [0, 0.05) is 22.1 Å². The summed E-state index contributed by atoms with van der Waals surface area (Å²) >= 11 is 4.44. The molecule has 0 saturated carbocycles. The van der Waals surface area contributed by atoms with Crippen LogP contribution in [0.2, 0.25) is 0 Å². The molecule has 0 bridgehead atoms. The summed E-state index contributed by atoms with van der Waals surface area (Å²) in [5.74, 6) is 0.218. The Morgan fingerprint density at radius 3 is 2.33 bits per heavy atom. The van der Waals surface area contributed by atoms with E-state index in [1.807, 2.05) is 37.3 Å². The maximum absolute atomic E-state index is 13.4. The monoisotopic (exact) mass is 453 g/mol. The van der Waals surface area contributed by atoms with Crippen molar-refractivity contribution < 1.29 is 13.2 Å². The first-order valence-corrected chi connectivity index (χ1v) is 9.70. The predicted molar refractivity (Wildman–Crippen MR) is 104 cm³/mol. The van der Waals surface area contributed by atoms with Crippen molar-refractivity contribution in [1.29, 1.82) is 0 Å². The Labute approximate surface area is 167 Å². The van der Waals surface area contributed by atoms with Crippen molar-refractivity contribution >= 4 is 39.3 Å². The maximum Gasteiger partial charge on any atom is 0.420 e. The third-order valence-electron chi connectivity index (χ3n) is 3.71. The van der Waals surface area contributed by atoms with Crippen molar-refractivity contribution in [3.63, 3.8) is 0 Å². The van der Waals surface area contributed by atoms with E-state index in [1.165, 1.54) is 0 Å². The number of alkyl halides is 3. The van der Waals surface area contributed by atoms with Gasteiger partial charge in [0.2, 0.25) is 5.95 Å². The van der Waals surface area contributed by atoms with Crippen LogP contribution in [0.1, 0.15) is 12.5 Å². The van der Waals surface area contributed by atoms with E-state index in [0.717, 1.165) is 28.1 Å². The fraction of sp³-hybridized carbons (Fsp3) is 0.158. The molecule has 0 atom stereocenters. The number of aromatic nitrogens is 2. The smallest absolute Gasteiger partial charge is 0.310 e. The zero-order chi connectivity index (χ0) is 19.4. The third kappa shape index (κ3) is 4.62. The fourth-order valence-corrected chi connectivity index (χ4v) is 3.87. The number of hydrogen-bond acceptors (Lipinski definition) is 4. The molecule has 2 aromatic carbocycles. The molecule has 0 aliphatic rings. The second kappa shape index (κ2) is 8.31. The van der Waals surface area contributed by atoms with Crippen LogP contribution >= 0.6 is 27.7 Å². The molecular formula is C19H15BrF3N3S. The first-order valence-electron chi connectivity index (χ1n) is 8.09. The summed E-state index contributed by atoms with van der Waals surface area (Å²) in [4.78, 5) is 10.7. The van der Waals surface area contributed by atoms with Crippen LogP contribution in [0.3, 0.4) is 0 Å². The molecule has 0 N–H and O–H groups in total. The summed E-state index contributed by atoms with van der Waals surface area (Å²) in [6.45, 7) is 2.40. The molecule has 27 heavy (non-hydrogen) atoms. The number of nitrogens with zero attached hydrogens (tertiary/aromatic N) is 3. The van der Waals surface area contributed by atoms with Crippen LogP contribution in [-0.4, -0.2) is 16.5 Å². The van der Waals surface area contributed by atoms with E-state index in [-0.39, 0.29) is 11.0 Å². The van der Waals surface area contributed by atoms with E-state index in [1.54, 1.807) is 29.2 Å². The Kier molecular flexibility index (Phi) is 6.06. The minimum atomic E-state index is -4.53. The molecule has 3 nitrogen and oxygen atoms in total. The van der Waals surface area contributed by atoms with Gasteiger partial charge >= 0.3 is 6.18 Å². The van der Waals surface area contributed by atoms with Gasteiger partial charge in [-0.2, -0.15) is 13.2 Å². The van der Waals surface area contributed by atoms with Crippen molar-refractivity contribution in [2.45, 2.75) is 23.0 Å². The summed E-state index contributed by atoms with van der Waals surface area (Å²) in [7, 11) is 0. The van der Waals surface area contributed by atoms with Crippen LogP contribution in [0, 0.1) is 0 Å². The van der Waals surface area contributed by atoms with Crippen molar-refractivity contribution in [3.8, 4) is 0 Å². The number of benzene rings is 2. The van der Waals surface area contributed by atoms with E-state index >= 15 is 0 Å². The molecule has 0 amide bonds. The second-order valence-corrected chi connectivity index (χ2v) is 7.41. The minimum Gasteiger partial charge on any atom is -0.310 e. The molecule has 0 unspecified atom stereocenters. The van der Waals surface area contributed by atoms with Gasteiger partial charge in [-0.05, 0) is 47.1 Å². The van der Waals surface area contributed by atoms with Crippen LogP contribution in [0.4, 0.5) is 24.8 Å². The van der Waals surface area contributed by atoms with Gasteiger partial charge in [-0.1, -0.05) is 42.1 Å². The number of halogens is 4. The Hall–Kier alpha value is -2.06. The van der Waals surface area contributed by atoms with Crippen molar-refractivity contribution in [2.75, 3.05) is 11.4 Å². The molecule has 1 aromatic heterocycles. The van der Waals surface area contributed by atoms with E-state index < -0.39 is 11.7 Å². The van der Waals surface area contributed by atoms with Crippen molar-refractivity contribution in [2.24, 2.45) is 0 Å². The minimum absolute atomic E-state index is 0.121. The first kappa shape index (κ1) is 19.7. The summed E-state index contributed by atoms with van der Waals surface area (Å²) in [5, 5.41) is -0.121. The van der Waals surface area contributed by atoms with Gasteiger partial charge in [0.25, 0.3) is 0 Å². The molecule has 8 heteroatoms.